The summed E-state index contributed by atoms with van der Waals surface area (Å²) in [5.74, 6) is -0.971. The van der Waals surface area contributed by atoms with Crippen LogP contribution in [-0.4, -0.2) is 21.6 Å². The van der Waals surface area contributed by atoms with Crippen LogP contribution in [0, 0.1) is 0 Å². The van der Waals surface area contributed by atoms with Crippen LogP contribution in [-0.2, 0) is 19.4 Å². The van der Waals surface area contributed by atoms with Gasteiger partial charge in [0.15, 0.2) is 0 Å². The molecule has 6 heteroatoms. The summed E-state index contributed by atoms with van der Waals surface area (Å²) in [4.78, 5) is 24.1. The van der Waals surface area contributed by atoms with Crippen molar-refractivity contribution in [3.8, 4) is 0 Å². The Hall–Kier alpha value is -3.90. The van der Waals surface area contributed by atoms with E-state index < -0.39 is 11.8 Å². The number of nitrogens with zero attached hydrogens (tertiary/aromatic N) is 1. The summed E-state index contributed by atoms with van der Waals surface area (Å²) in [5, 5.41) is 9.69. The third kappa shape index (κ3) is 4.96. The van der Waals surface area contributed by atoms with E-state index in [4.69, 9.17) is 10.9 Å². The molecule has 0 atom stereocenters. The maximum Gasteiger partial charge on any atom is 0.274 e. The van der Waals surface area contributed by atoms with Gasteiger partial charge in [-0.15, -0.1) is 0 Å². The van der Waals surface area contributed by atoms with Crippen molar-refractivity contribution in [1.82, 2.24) is 10.0 Å². The second kappa shape index (κ2) is 10.1. The van der Waals surface area contributed by atoms with Crippen LogP contribution in [0.25, 0.3) is 10.9 Å². The topological polar surface area (TPSA) is 97.4 Å². The summed E-state index contributed by atoms with van der Waals surface area (Å²) in [7, 11) is 0. The van der Waals surface area contributed by atoms with Gasteiger partial charge in [0, 0.05) is 28.7 Å². The molecule has 0 unspecified atom stereocenters. The van der Waals surface area contributed by atoms with Gasteiger partial charge in [-0.3, -0.25) is 14.8 Å². The van der Waals surface area contributed by atoms with Gasteiger partial charge in [0.1, 0.15) is 0 Å². The maximum atomic E-state index is 12.4. The lowest BCUT2D eigenvalue weighted by atomic mass is 10.0. The Bertz CT molecular complexity index is 1260. The van der Waals surface area contributed by atoms with Gasteiger partial charge in [-0.1, -0.05) is 60.7 Å². The predicted molar refractivity (Wildman–Crippen MR) is 128 cm³/mol. The summed E-state index contributed by atoms with van der Waals surface area (Å²) >= 11 is 0. The Morgan fingerprint density at radius 3 is 2.18 bits per heavy atom. The normalized spacial score (nSPS) is 10.9. The number of nitrogens with two attached hydrogens (primary N) is 1. The maximum absolute atomic E-state index is 12.4. The fraction of sp³-hybridized carbons (Fsp3) is 0.185. The average Bonchev–Trinajstić information content (AvgIpc) is 3.16. The molecule has 3 aromatic carbocycles. The van der Waals surface area contributed by atoms with Crippen molar-refractivity contribution in [2.45, 2.75) is 32.2 Å². The number of para-hydroxylation sites is 1. The number of unbranched alkanes of at least 4 members (excludes halogenated alkanes) is 1. The Morgan fingerprint density at radius 2 is 1.48 bits per heavy atom. The lowest BCUT2D eigenvalue weighted by molar-refractivity contribution is 0.0706. The lowest BCUT2D eigenvalue weighted by Gasteiger charge is -2.13. The van der Waals surface area contributed by atoms with E-state index in [0.29, 0.717) is 17.7 Å². The average molecular weight is 442 g/mol. The zero-order valence-electron chi connectivity index (χ0n) is 18.3. The number of nitrogens with one attached hydrogen (secondary N) is 1. The van der Waals surface area contributed by atoms with Gasteiger partial charge in [-0.25, -0.2) is 5.48 Å². The van der Waals surface area contributed by atoms with Crippen LogP contribution in [0.3, 0.4) is 0 Å². The zero-order valence-corrected chi connectivity index (χ0v) is 18.3. The number of aryl methyl sites for hydroxylation is 1. The number of rotatable bonds is 9. The van der Waals surface area contributed by atoms with Crippen molar-refractivity contribution >= 4 is 22.7 Å². The van der Waals surface area contributed by atoms with Crippen molar-refractivity contribution in [3.05, 3.63) is 107 Å². The molecule has 33 heavy (non-hydrogen) atoms. The Balaban J connectivity index is 1.62. The smallest absolute Gasteiger partial charge is 0.274 e. The van der Waals surface area contributed by atoms with Gasteiger partial charge in [0.2, 0.25) is 0 Å². The minimum Gasteiger partial charge on any atom is -0.366 e. The summed E-state index contributed by atoms with van der Waals surface area (Å²) < 4.78 is 2.15. The monoisotopic (exact) mass is 441 g/mol. The van der Waals surface area contributed by atoms with E-state index >= 15 is 0 Å². The SMILES string of the molecule is NC(=O)c1c(CCCCc2ccccc2)n(Cc2ccc(C(=O)NO)cc2)c2ccccc12. The summed E-state index contributed by atoms with van der Waals surface area (Å²) in [6, 6.07) is 25.2. The highest BCUT2D eigenvalue weighted by Gasteiger charge is 2.20. The molecule has 168 valence electrons. The van der Waals surface area contributed by atoms with Crippen molar-refractivity contribution in [2.24, 2.45) is 5.73 Å². The van der Waals surface area contributed by atoms with Crippen molar-refractivity contribution in [2.75, 3.05) is 0 Å². The van der Waals surface area contributed by atoms with Crippen LogP contribution < -0.4 is 11.2 Å². The molecule has 2 amide bonds. The number of hydrogen-bond acceptors (Lipinski definition) is 3. The first-order chi connectivity index (χ1) is 16.1. The van der Waals surface area contributed by atoms with E-state index in [2.05, 4.69) is 16.7 Å². The molecule has 0 bridgehead atoms. The number of hydrogen-bond donors (Lipinski definition) is 3. The first kappa shape index (κ1) is 22.3. The number of aromatic nitrogens is 1. The fourth-order valence-corrected chi connectivity index (χ4v) is 4.35. The molecule has 6 nitrogen and oxygen atoms in total. The van der Waals surface area contributed by atoms with Crippen LogP contribution in [0.5, 0.6) is 0 Å². The third-order valence-corrected chi connectivity index (χ3v) is 5.96. The first-order valence-corrected chi connectivity index (χ1v) is 11.1. The Kier molecular flexibility index (Phi) is 6.86. The Morgan fingerprint density at radius 1 is 0.818 bits per heavy atom. The van der Waals surface area contributed by atoms with Crippen molar-refractivity contribution in [1.29, 1.82) is 0 Å². The molecule has 4 N–H and O–H groups in total. The predicted octanol–water partition coefficient (Wildman–Crippen LogP) is 4.47. The van der Waals surface area contributed by atoms with E-state index in [0.717, 1.165) is 47.8 Å². The van der Waals surface area contributed by atoms with Gasteiger partial charge in [-0.05, 0) is 55.0 Å². The summed E-state index contributed by atoms with van der Waals surface area (Å²) in [6.45, 7) is 0.544. The van der Waals surface area contributed by atoms with Crippen LogP contribution in [0.2, 0.25) is 0 Å². The zero-order chi connectivity index (χ0) is 23.2. The molecule has 4 rings (SSSR count). The molecule has 0 aliphatic heterocycles. The summed E-state index contributed by atoms with van der Waals surface area (Å²) in [5.41, 5.74) is 12.6. The third-order valence-electron chi connectivity index (χ3n) is 5.96. The number of carbonyl (C=O) groups excluding carboxylic acids is 2. The second-order valence-electron chi connectivity index (χ2n) is 8.12. The summed E-state index contributed by atoms with van der Waals surface area (Å²) in [6.07, 6.45) is 3.67. The molecule has 0 aliphatic rings. The van der Waals surface area contributed by atoms with E-state index in [1.165, 1.54) is 5.56 Å². The van der Waals surface area contributed by atoms with Gasteiger partial charge in [0.25, 0.3) is 11.8 Å². The van der Waals surface area contributed by atoms with Crippen LogP contribution >= 0.6 is 0 Å². The van der Waals surface area contributed by atoms with Crippen molar-refractivity contribution in [3.63, 3.8) is 0 Å². The molecule has 4 aromatic rings. The molecule has 0 fully saturated rings. The fourth-order valence-electron chi connectivity index (χ4n) is 4.35. The molecule has 0 radical (unpaired) electrons. The standard InChI is InChI=1S/C27H27N3O3/c28-26(31)25-22-11-5-7-12-23(22)30(18-20-14-16-21(17-15-20)27(32)29-33)24(25)13-6-4-10-19-8-2-1-3-9-19/h1-3,5,7-9,11-12,14-17,33H,4,6,10,13,18H2,(H2,28,31)(H,29,32). The van der Waals surface area contributed by atoms with E-state index in [1.54, 1.807) is 17.6 Å². The molecular formula is C27H27N3O3. The second-order valence-corrected chi connectivity index (χ2v) is 8.12. The lowest BCUT2D eigenvalue weighted by Crippen LogP contribution is -2.18. The molecular weight excluding hydrogens is 414 g/mol. The van der Waals surface area contributed by atoms with E-state index in [1.807, 2.05) is 54.6 Å². The quantitative estimate of drug-likeness (QED) is 0.203. The molecule has 0 saturated heterocycles. The van der Waals surface area contributed by atoms with Crippen LogP contribution in [0.4, 0.5) is 0 Å². The highest BCUT2D eigenvalue weighted by atomic mass is 16.5. The van der Waals surface area contributed by atoms with Gasteiger partial charge in [0.05, 0.1) is 5.56 Å². The molecule has 0 saturated carbocycles. The number of primary amides is 1. The van der Waals surface area contributed by atoms with E-state index in [-0.39, 0.29) is 0 Å². The van der Waals surface area contributed by atoms with E-state index in [9.17, 15) is 9.59 Å². The van der Waals surface area contributed by atoms with Crippen molar-refractivity contribution < 1.29 is 14.8 Å². The first-order valence-electron chi connectivity index (χ1n) is 11.1. The minimum atomic E-state index is -0.553. The molecule has 1 aromatic heterocycles. The van der Waals surface area contributed by atoms with Gasteiger partial charge >= 0.3 is 0 Å². The largest absolute Gasteiger partial charge is 0.366 e. The van der Waals surface area contributed by atoms with Gasteiger partial charge < -0.3 is 10.3 Å². The number of fused-ring (bicyclic) bond motifs is 1. The molecule has 0 aliphatic carbocycles. The Labute approximate surface area is 192 Å². The number of hydroxylamine groups is 1. The minimum absolute atomic E-state index is 0.373. The number of carbonyl (C=O) groups is 2. The highest BCUT2D eigenvalue weighted by molar-refractivity contribution is 6.07. The van der Waals surface area contributed by atoms with Crippen LogP contribution in [0.15, 0.2) is 78.9 Å². The molecule has 1 heterocycles. The number of amides is 2. The molecule has 0 spiro atoms. The van der Waals surface area contributed by atoms with Crippen LogP contribution in [0.1, 0.15) is 50.4 Å². The highest BCUT2D eigenvalue weighted by Crippen LogP contribution is 2.28. The number of benzene rings is 3. The van der Waals surface area contributed by atoms with Gasteiger partial charge in [-0.2, -0.15) is 0 Å².